The topological polar surface area (TPSA) is 96.1 Å². The lowest BCUT2D eigenvalue weighted by molar-refractivity contribution is 0.266. The van der Waals surface area contributed by atoms with Crippen LogP contribution < -0.4 is 16.6 Å². The third-order valence-corrected chi connectivity index (χ3v) is 2.04. The second-order valence-electron chi connectivity index (χ2n) is 3.41. The SMILES string of the molecule is CC(CCO)CNc1ccnc(NN)n1. The highest BCUT2D eigenvalue weighted by Gasteiger charge is 2.02. The Morgan fingerprint density at radius 2 is 2.40 bits per heavy atom. The minimum absolute atomic E-state index is 0.211. The zero-order valence-electron chi connectivity index (χ0n) is 8.77. The van der Waals surface area contributed by atoms with Gasteiger partial charge in [-0.25, -0.2) is 10.8 Å². The number of hydrogen-bond donors (Lipinski definition) is 4. The van der Waals surface area contributed by atoms with Crippen molar-refractivity contribution in [2.45, 2.75) is 13.3 Å². The molecule has 0 fully saturated rings. The molecule has 0 aliphatic rings. The van der Waals surface area contributed by atoms with Crippen LogP contribution in [-0.2, 0) is 0 Å². The fourth-order valence-corrected chi connectivity index (χ4v) is 1.13. The van der Waals surface area contributed by atoms with E-state index < -0.39 is 0 Å². The van der Waals surface area contributed by atoms with Gasteiger partial charge in [-0.15, -0.1) is 0 Å². The highest BCUT2D eigenvalue weighted by atomic mass is 16.3. The maximum absolute atomic E-state index is 8.74. The van der Waals surface area contributed by atoms with Gasteiger partial charge in [-0.05, 0) is 18.4 Å². The summed E-state index contributed by atoms with van der Waals surface area (Å²) in [6, 6.07) is 1.77. The average Bonchev–Trinajstić information content (AvgIpc) is 2.27. The Labute approximate surface area is 88.9 Å². The number of nitrogen functional groups attached to an aromatic ring is 1. The van der Waals surface area contributed by atoms with Gasteiger partial charge in [-0.1, -0.05) is 6.92 Å². The van der Waals surface area contributed by atoms with Gasteiger partial charge < -0.3 is 10.4 Å². The van der Waals surface area contributed by atoms with Gasteiger partial charge in [0.15, 0.2) is 0 Å². The van der Waals surface area contributed by atoms with Crippen LogP contribution in [0, 0.1) is 5.92 Å². The fraction of sp³-hybridized carbons (Fsp3) is 0.556. The lowest BCUT2D eigenvalue weighted by atomic mass is 10.1. The second kappa shape index (κ2) is 6.15. The zero-order chi connectivity index (χ0) is 11.1. The number of rotatable bonds is 6. The first kappa shape index (κ1) is 11.7. The highest BCUT2D eigenvalue weighted by Crippen LogP contribution is 2.07. The van der Waals surface area contributed by atoms with Gasteiger partial charge in [-0.3, -0.25) is 5.43 Å². The van der Waals surface area contributed by atoms with Gasteiger partial charge in [0.25, 0.3) is 0 Å². The summed E-state index contributed by atoms with van der Waals surface area (Å²) in [6.45, 7) is 3.04. The van der Waals surface area contributed by atoms with Gasteiger partial charge in [0.1, 0.15) is 5.82 Å². The number of anilines is 2. The maximum atomic E-state index is 8.74. The van der Waals surface area contributed by atoms with Crippen molar-refractivity contribution in [1.82, 2.24) is 9.97 Å². The van der Waals surface area contributed by atoms with E-state index >= 15 is 0 Å². The van der Waals surface area contributed by atoms with Gasteiger partial charge >= 0.3 is 0 Å². The predicted octanol–water partition coefficient (Wildman–Crippen LogP) is 0.193. The van der Waals surface area contributed by atoms with Crippen molar-refractivity contribution in [2.24, 2.45) is 11.8 Å². The molecule has 15 heavy (non-hydrogen) atoms. The molecule has 0 aromatic carbocycles. The number of hydrogen-bond acceptors (Lipinski definition) is 6. The fourth-order valence-electron chi connectivity index (χ4n) is 1.13. The summed E-state index contributed by atoms with van der Waals surface area (Å²) < 4.78 is 0. The number of hydrazine groups is 1. The van der Waals surface area contributed by atoms with Crippen molar-refractivity contribution in [3.05, 3.63) is 12.3 Å². The molecule has 84 valence electrons. The summed E-state index contributed by atoms with van der Waals surface area (Å²) in [7, 11) is 0. The first-order chi connectivity index (χ1) is 7.26. The van der Waals surface area contributed by atoms with Gasteiger partial charge in [0, 0.05) is 19.3 Å². The Hall–Kier alpha value is -1.40. The zero-order valence-corrected chi connectivity index (χ0v) is 8.77. The molecule has 6 nitrogen and oxygen atoms in total. The molecule has 0 aliphatic heterocycles. The summed E-state index contributed by atoms with van der Waals surface area (Å²) in [5, 5.41) is 11.9. The monoisotopic (exact) mass is 211 g/mol. The van der Waals surface area contributed by atoms with Crippen LogP contribution in [0.15, 0.2) is 12.3 Å². The lowest BCUT2D eigenvalue weighted by Crippen LogP contribution is -2.15. The molecule has 1 unspecified atom stereocenters. The molecule has 0 radical (unpaired) electrons. The maximum Gasteiger partial charge on any atom is 0.239 e. The Bertz CT molecular complexity index is 294. The van der Waals surface area contributed by atoms with Crippen LogP contribution in [-0.4, -0.2) is 28.2 Å². The molecule has 0 aliphatic carbocycles. The first-order valence-corrected chi connectivity index (χ1v) is 4.90. The van der Waals surface area contributed by atoms with Crippen molar-refractivity contribution in [1.29, 1.82) is 0 Å². The third kappa shape index (κ3) is 4.09. The van der Waals surface area contributed by atoms with Crippen molar-refractivity contribution in [2.75, 3.05) is 23.9 Å². The molecule has 1 atom stereocenters. The van der Waals surface area contributed by atoms with E-state index in [2.05, 4.69) is 27.6 Å². The van der Waals surface area contributed by atoms with Gasteiger partial charge in [-0.2, -0.15) is 4.98 Å². The average molecular weight is 211 g/mol. The molecule has 0 amide bonds. The van der Waals surface area contributed by atoms with Crippen molar-refractivity contribution in [3.63, 3.8) is 0 Å². The quantitative estimate of drug-likeness (QED) is 0.396. The summed E-state index contributed by atoms with van der Waals surface area (Å²) >= 11 is 0. The lowest BCUT2D eigenvalue weighted by Gasteiger charge is -2.11. The number of nitrogens with one attached hydrogen (secondary N) is 2. The van der Waals surface area contributed by atoms with E-state index in [1.165, 1.54) is 0 Å². The van der Waals surface area contributed by atoms with Crippen LogP contribution in [0.5, 0.6) is 0 Å². The van der Waals surface area contributed by atoms with E-state index in [0.717, 1.165) is 18.8 Å². The van der Waals surface area contributed by atoms with E-state index in [4.69, 9.17) is 10.9 Å². The molecule has 1 aromatic heterocycles. The smallest absolute Gasteiger partial charge is 0.239 e. The van der Waals surface area contributed by atoms with Crippen molar-refractivity contribution < 1.29 is 5.11 Å². The van der Waals surface area contributed by atoms with Crippen LogP contribution in [0.25, 0.3) is 0 Å². The van der Waals surface area contributed by atoms with E-state index in [9.17, 15) is 0 Å². The van der Waals surface area contributed by atoms with E-state index in [1.54, 1.807) is 12.3 Å². The normalized spacial score (nSPS) is 12.2. The van der Waals surface area contributed by atoms with E-state index in [-0.39, 0.29) is 6.61 Å². The molecule has 1 heterocycles. The van der Waals surface area contributed by atoms with E-state index in [0.29, 0.717) is 11.9 Å². The van der Waals surface area contributed by atoms with Crippen molar-refractivity contribution in [3.8, 4) is 0 Å². The second-order valence-corrected chi connectivity index (χ2v) is 3.41. The highest BCUT2D eigenvalue weighted by molar-refractivity contribution is 5.38. The molecule has 0 bridgehead atoms. The summed E-state index contributed by atoms with van der Waals surface area (Å²) in [4.78, 5) is 8.00. The number of nitrogens with zero attached hydrogens (tertiary/aromatic N) is 2. The van der Waals surface area contributed by atoms with Crippen molar-refractivity contribution >= 4 is 11.8 Å². The molecule has 0 spiro atoms. The standard InChI is InChI=1S/C9H17N5O/c1-7(3-5-15)6-12-8-2-4-11-9(13-8)14-10/h2,4,7,15H,3,5-6,10H2,1H3,(H2,11,12,13,14). The summed E-state index contributed by atoms with van der Waals surface area (Å²) in [5.41, 5.74) is 2.38. The predicted molar refractivity (Wildman–Crippen MR) is 59.2 cm³/mol. The molecule has 6 heteroatoms. The number of aliphatic hydroxyl groups excluding tert-OH is 1. The number of nitrogens with two attached hydrogens (primary N) is 1. The number of aliphatic hydroxyl groups is 1. The number of aromatic nitrogens is 2. The molecular formula is C9H17N5O. The summed E-state index contributed by atoms with van der Waals surface area (Å²) in [5.74, 6) is 6.70. The largest absolute Gasteiger partial charge is 0.396 e. The molecule has 1 aromatic rings. The molecule has 1 rings (SSSR count). The van der Waals surface area contributed by atoms with Crippen LogP contribution in [0.3, 0.4) is 0 Å². The van der Waals surface area contributed by atoms with E-state index in [1.807, 2.05) is 0 Å². The van der Waals surface area contributed by atoms with Crippen LogP contribution >= 0.6 is 0 Å². The molecule has 0 saturated carbocycles. The first-order valence-electron chi connectivity index (χ1n) is 4.90. The van der Waals surface area contributed by atoms with Crippen LogP contribution in [0.2, 0.25) is 0 Å². The minimum Gasteiger partial charge on any atom is -0.396 e. The Morgan fingerprint density at radius 1 is 1.60 bits per heavy atom. The van der Waals surface area contributed by atoms with Gasteiger partial charge in [0.05, 0.1) is 0 Å². The third-order valence-electron chi connectivity index (χ3n) is 2.04. The van der Waals surface area contributed by atoms with Crippen LogP contribution in [0.1, 0.15) is 13.3 Å². The molecule has 0 saturated heterocycles. The molecular weight excluding hydrogens is 194 g/mol. The van der Waals surface area contributed by atoms with Crippen LogP contribution in [0.4, 0.5) is 11.8 Å². The Kier molecular flexibility index (Phi) is 4.79. The van der Waals surface area contributed by atoms with Gasteiger partial charge in [0.2, 0.25) is 5.95 Å². The minimum atomic E-state index is 0.211. The summed E-state index contributed by atoms with van der Waals surface area (Å²) in [6.07, 6.45) is 2.40. The molecule has 5 N–H and O–H groups in total. The Morgan fingerprint density at radius 3 is 3.07 bits per heavy atom. The Balaban J connectivity index is 2.43.